The SMILES string of the molecule is Cc1c(Cl)cccc1N1C(=O)CC(c2c(Cl)cccc2Cl)C2=C1CCCC2=O. The number of allylic oxidation sites excluding steroid dienone is 2. The van der Waals surface area contributed by atoms with Gasteiger partial charge in [0.15, 0.2) is 5.78 Å². The molecule has 0 saturated heterocycles. The van der Waals surface area contributed by atoms with Gasteiger partial charge >= 0.3 is 0 Å². The first kappa shape index (κ1) is 19.5. The summed E-state index contributed by atoms with van der Waals surface area (Å²) >= 11 is 19.2. The Kier molecular flexibility index (Phi) is 5.26. The third kappa shape index (κ3) is 3.16. The average Bonchev–Trinajstić information content (AvgIpc) is 2.64. The molecule has 0 bridgehead atoms. The highest BCUT2D eigenvalue weighted by atomic mass is 35.5. The van der Waals surface area contributed by atoms with Crippen molar-refractivity contribution in [3.63, 3.8) is 0 Å². The van der Waals surface area contributed by atoms with E-state index in [4.69, 9.17) is 34.8 Å². The van der Waals surface area contributed by atoms with Crippen LogP contribution in [0.2, 0.25) is 15.1 Å². The molecule has 2 aromatic carbocycles. The second-order valence-electron chi connectivity index (χ2n) is 7.14. The molecule has 0 aromatic heterocycles. The monoisotopic (exact) mass is 433 g/mol. The Morgan fingerprint density at radius 2 is 1.57 bits per heavy atom. The number of nitrogens with zero attached hydrogens (tertiary/aromatic N) is 1. The Bertz CT molecular complexity index is 1010. The lowest BCUT2D eigenvalue weighted by molar-refractivity contribution is -0.119. The molecule has 0 N–H and O–H groups in total. The summed E-state index contributed by atoms with van der Waals surface area (Å²) < 4.78 is 0. The van der Waals surface area contributed by atoms with Gasteiger partial charge in [0.25, 0.3) is 0 Å². The van der Waals surface area contributed by atoms with Gasteiger partial charge in [0.05, 0.1) is 5.69 Å². The minimum absolute atomic E-state index is 0.0550. The topological polar surface area (TPSA) is 37.4 Å². The van der Waals surface area contributed by atoms with Gasteiger partial charge in [-0.05, 0) is 55.2 Å². The van der Waals surface area contributed by atoms with Gasteiger partial charge in [0.2, 0.25) is 5.91 Å². The van der Waals surface area contributed by atoms with Crippen LogP contribution in [0.5, 0.6) is 0 Å². The number of halogens is 3. The molecule has 0 fully saturated rings. The van der Waals surface area contributed by atoms with Crippen LogP contribution in [-0.2, 0) is 9.59 Å². The van der Waals surface area contributed by atoms with Crippen LogP contribution in [0.4, 0.5) is 5.69 Å². The van der Waals surface area contributed by atoms with Gasteiger partial charge in [-0.25, -0.2) is 0 Å². The van der Waals surface area contributed by atoms with Crippen LogP contribution in [0.15, 0.2) is 47.7 Å². The first-order valence-electron chi connectivity index (χ1n) is 9.18. The number of anilines is 1. The number of benzene rings is 2. The van der Waals surface area contributed by atoms with E-state index in [0.29, 0.717) is 45.5 Å². The van der Waals surface area contributed by atoms with Gasteiger partial charge < -0.3 is 0 Å². The Balaban J connectivity index is 1.94. The summed E-state index contributed by atoms with van der Waals surface area (Å²) in [5.41, 5.74) is 3.60. The molecule has 144 valence electrons. The van der Waals surface area contributed by atoms with Crippen LogP contribution in [-0.4, -0.2) is 11.7 Å². The molecular weight excluding hydrogens is 417 g/mol. The summed E-state index contributed by atoms with van der Waals surface area (Å²) in [5, 5.41) is 1.54. The lowest BCUT2D eigenvalue weighted by atomic mass is 9.77. The summed E-state index contributed by atoms with van der Waals surface area (Å²) in [5.74, 6) is -0.452. The number of rotatable bonds is 2. The minimum atomic E-state index is -0.424. The molecule has 1 amide bonds. The number of carbonyl (C=O) groups excluding carboxylic acids is 2. The molecular formula is C22H18Cl3NO2. The van der Waals surface area contributed by atoms with E-state index >= 15 is 0 Å². The molecule has 28 heavy (non-hydrogen) atoms. The Morgan fingerprint density at radius 1 is 0.929 bits per heavy atom. The third-order valence-electron chi connectivity index (χ3n) is 5.50. The van der Waals surface area contributed by atoms with E-state index in [-0.39, 0.29) is 18.1 Å². The first-order valence-corrected chi connectivity index (χ1v) is 10.3. The molecule has 1 heterocycles. The maximum Gasteiger partial charge on any atom is 0.232 e. The zero-order valence-electron chi connectivity index (χ0n) is 15.3. The second kappa shape index (κ2) is 7.55. The van der Waals surface area contributed by atoms with Gasteiger partial charge in [-0.3, -0.25) is 14.5 Å². The normalized spacial score (nSPS) is 19.9. The highest BCUT2D eigenvalue weighted by Gasteiger charge is 2.41. The van der Waals surface area contributed by atoms with Crippen molar-refractivity contribution < 1.29 is 9.59 Å². The molecule has 0 radical (unpaired) electrons. The van der Waals surface area contributed by atoms with Crippen LogP contribution >= 0.6 is 34.8 Å². The maximum absolute atomic E-state index is 13.3. The van der Waals surface area contributed by atoms with Crippen molar-refractivity contribution in [2.45, 2.75) is 38.5 Å². The highest BCUT2D eigenvalue weighted by molar-refractivity contribution is 6.36. The first-order chi connectivity index (χ1) is 13.4. The average molecular weight is 435 g/mol. The zero-order valence-corrected chi connectivity index (χ0v) is 17.5. The smallest absolute Gasteiger partial charge is 0.232 e. The van der Waals surface area contributed by atoms with Crippen LogP contribution in [0, 0.1) is 6.92 Å². The van der Waals surface area contributed by atoms with E-state index in [2.05, 4.69) is 0 Å². The van der Waals surface area contributed by atoms with Gasteiger partial charge in [-0.2, -0.15) is 0 Å². The van der Waals surface area contributed by atoms with Crippen molar-refractivity contribution in [1.29, 1.82) is 0 Å². The van der Waals surface area contributed by atoms with Crippen molar-refractivity contribution in [2.24, 2.45) is 0 Å². The predicted octanol–water partition coefficient (Wildman–Crippen LogP) is 6.48. The van der Waals surface area contributed by atoms with Gasteiger partial charge in [-0.15, -0.1) is 0 Å². The summed E-state index contributed by atoms with van der Waals surface area (Å²) in [6.45, 7) is 1.88. The molecule has 4 rings (SSSR count). The fourth-order valence-electron chi connectivity index (χ4n) is 4.20. The quantitative estimate of drug-likeness (QED) is 0.542. The Morgan fingerprint density at radius 3 is 2.29 bits per heavy atom. The largest absolute Gasteiger partial charge is 0.294 e. The van der Waals surface area contributed by atoms with Crippen LogP contribution in [0.3, 0.4) is 0 Å². The lowest BCUT2D eigenvalue weighted by Crippen LogP contribution is -2.41. The maximum atomic E-state index is 13.3. The van der Waals surface area contributed by atoms with Crippen molar-refractivity contribution in [2.75, 3.05) is 4.90 Å². The highest BCUT2D eigenvalue weighted by Crippen LogP contribution is 2.47. The molecule has 1 aliphatic heterocycles. The predicted molar refractivity (Wildman–Crippen MR) is 113 cm³/mol. The van der Waals surface area contributed by atoms with Crippen LogP contribution in [0.25, 0.3) is 0 Å². The lowest BCUT2D eigenvalue weighted by Gasteiger charge is -2.39. The number of ketones is 1. The van der Waals surface area contributed by atoms with E-state index < -0.39 is 5.92 Å². The van der Waals surface area contributed by atoms with E-state index in [9.17, 15) is 9.59 Å². The van der Waals surface area contributed by atoms with Crippen molar-refractivity contribution in [1.82, 2.24) is 0 Å². The fraction of sp³-hybridized carbons (Fsp3) is 0.273. The number of hydrogen-bond donors (Lipinski definition) is 0. The minimum Gasteiger partial charge on any atom is -0.294 e. The number of Topliss-reactive ketones (excluding diaryl/α,β-unsaturated/α-hetero) is 1. The summed E-state index contributed by atoms with van der Waals surface area (Å²) in [6, 6.07) is 10.7. The number of hydrogen-bond acceptors (Lipinski definition) is 2. The Labute approximate surface area is 178 Å². The summed E-state index contributed by atoms with van der Waals surface area (Å²) in [6.07, 6.45) is 1.97. The third-order valence-corrected chi connectivity index (χ3v) is 6.57. The van der Waals surface area contributed by atoms with Crippen molar-refractivity contribution >= 4 is 52.2 Å². The molecule has 6 heteroatoms. The van der Waals surface area contributed by atoms with Gasteiger partial charge in [-0.1, -0.05) is 46.9 Å². The second-order valence-corrected chi connectivity index (χ2v) is 8.36. The van der Waals surface area contributed by atoms with Gasteiger partial charge in [0, 0.05) is 45.1 Å². The van der Waals surface area contributed by atoms with E-state index in [1.807, 2.05) is 19.1 Å². The van der Waals surface area contributed by atoms with Crippen molar-refractivity contribution in [3.05, 3.63) is 73.9 Å². The molecule has 2 aromatic rings. The van der Waals surface area contributed by atoms with Crippen LogP contribution in [0.1, 0.15) is 42.7 Å². The molecule has 2 aliphatic rings. The van der Waals surface area contributed by atoms with E-state index in [1.165, 1.54) is 0 Å². The molecule has 0 saturated carbocycles. The molecule has 1 aliphatic carbocycles. The zero-order chi connectivity index (χ0) is 20.0. The molecule has 1 atom stereocenters. The number of amides is 1. The molecule has 0 spiro atoms. The van der Waals surface area contributed by atoms with Crippen molar-refractivity contribution in [3.8, 4) is 0 Å². The summed E-state index contributed by atoms with van der Waals surface area (Å²) in [4.78, 5) is 27.9. The van der Waals surface area contributed by atoms with Crippen LogP contribution < -0.4 is 4.90 Å². The summed E-state index contributed by atoms with van der Waals surface area (Å²) in [7, 11) is 0. The van der Waals surface area contributed by atoms with Gasteiger partial charge in [0.1, 0.15) is 0 Å². The standard InChI is InChI=1S/C22H18Cl3NO2/c1-12-14(23)5-3-8-17(12)26-18-9-4-10-19(27)22(18)13(11-20(26)28)21-15(24)6-2-7-16(21)25/h2-3,5-8,13H,4,9-11H2,1H3. The Hall–Kier alpha value is -1.81. The van der Waals surface area contributed by atoms with E-state index in [1.54, 1.807) is 29.2 Å². The molecule has 1 unspecified atom stereocenters. The van der Waals surface area contributed by atoms with E-state index in [0.717, 1.165) is 16.9 Å². The fourth-order valence-corrected chi connectivity index (χ4v) is 5.03. The molecule has 3 nitrogen and oxygen atoms in total. The number of carbonyl (C=O) groups is 2.